The van der Waals surface area contributed by atoms with Crippen LogP contribution in [0.15, 0.2) is 24.3 Å². The fourth-order valence-electron chi connectivity index (χ4n) is 3.18. The monoisotopic (exact) mass is 260 g/mol. The highest BCUT2D eigenvalue weighted by atomic mass is 16.5. The van der Waals surface area contributed by atoms with Gasteiger partial charge in [0.1, 0.15) is 0 Å². The minimum atomic E-state index is 0.298. The lowest BCUT2D eigenvalue weighted by Crippen LogP contribution is -2.51. The number of benzene rings is 1. The highest BCUT2D eigenvalue weighted by molar-refractivity contribution is 5.34. The summed E-state index contributed by atoms with van der Waals surface area (Å²) < 4.78 is 5.43. The summed E-state index contributed by atoms with van der Waals surface area (Å²) in [6, 6.07) is 9.29. The van der Waals surface area contributed by atoms with Crippen molar-refractivity contribution in [3.05, 3.63) is 35.4 Å². The Labute approximate surface area is 115 Å². The van der Waals surface area contributed by atoms with Crippen molar-refractivity contribution in [2.24, 2.45) is 5.41 Å². The van der Waals surface area contributed by atoms with Gasteiger partial charge in [-0.05, 0) is 29.4 Å². The Morgan fingerprint density at radius 1 is 1.21 bits per heavy atom. The normalized spacial score (nSPS) is 26.9. The van der Waals surface area contributed by atoms with E-state index in [2.05, 4.69) is 48.5 Å². The van der Waals surface area contributed by atoms with Gasteiger partial charge in [0.2, 0.25) is 0 Å². The number of hydrogen-bond donors (Lipinski definition) is 1. The molecule has 1 unspecified atom stereocenters. The van der Waals surface area contributed by atoms with Crippen molar-refractivity contribution in [1.82, 2.24) is 10.4 Å². The van der Waals surface area contributed by atoms with Gasteiger partial charge < -0.3 is 4.74 Å². The molecular formula is C16H24N2O. The van der Waals surface area contributed by atoms with Gasteiger partial charge in [-0.1, -0.05) is 38.1 Å². The molecule has 2 aliphatic rings. The zero-order valence-corrected chi connectivity index (χ0v) is 12.0. The Bertz CT molecular complexity index is 438. The lowest BCUT2D eigenvalue weighted by Gasteiger charge is -2.43. The van der Waals surface area contributed by atoms with E-state index in [9.17, 15) is 0 Å². The fourth-order valence-corrected chi connectivity index (χ4v) is 3.18. The Balaban J connectivity index is 1.84. The van der Waals surface area contributed by atoms with E-state index in [1.807, 2.05) is 0 Å². The minimum absolute atomic E-state index is 0.298. The van der Waals surface area contributed by atoms with E-state index in [1.54, 1.807) is 0 Å². The number of ether oxygens (including phenoxy) is 1. The molecule has 0 spiro atoms. The summed E-state index contributed by atoms with van der Waals surface area (Å²) in [6.07, 6.45) is 2.44. The van der Waals surface area contributed by atoms with Gasteiger partial charge in [-0.15, -0.1) is 0 Å². The predicted molar refractivity (Wildman–Crippen MR) is 76.8 cm³/mol. The van der Waals surface area contributed by atoms with Crippen LogP contribution in [0.3, 0.4) is 0 Å². The molecule has 3 nitrogen and oxygen atoms in total. The molecule has 1 aliphatic carbocycles. The van der Waals surface area contributed by atoms with Crippen molar-refractivity contribution < 1.29 is 4.74 Å². The first-order valence-electron chi connectivity index (χ1n) is 7.33. The van der Waals surface area contributed by atoms with Gasteiger partial charge in [0, 0.05) is 13.1 Å². The van der Waals surface area contributed by atoms with Crippen LogP contribution in [0.4, 0.5) is 0 Å². The fraction of sp³-hybridized carbons (Fsp3) is 0.625. The smallest absolute Gasteiger partial charge is 0.0608 e. The standard InChI is InChI=1S/C16H24N2O/c1-16(2)8-7-13-5-3-4-6-14(13)15(16)17-18-9-11-19-12-10-18/h3-6,15,17H,7-12H2,1-2H3. The maximum atomic E-state index is 5.43. The van der Waals surface area contributed by atoms with Crippen molar-refractivity contribution in [3.63, 3.8) is 0 Å². The van der Waals surface area contributed by atoms with Gasteiger partial charge >= 0.3 is 0 Å². The van der Waals surface area contributed by atoms with E-state index < -0.39 is 0 Å². The van der Waals surface area contributed by atoms with Crippen LogP contribution in [-0.2, 0) is 11.2 Å². The average Bonchev–Trinajstić information content (AvgIpc) is 2.43. The summed E-state index contributed by atoms with van der Waals surface area (Å²) in [7, 11) is 0. The largest absolute Gasteiger partial charge is 0.379 e. The molecule has 19 heavy (non-hydrogen) atoms. The molecule has 1 fully saturated rings. The van der Waals surface area contributed by atoms with Crippen LogP contribution in [-0.4, -0.2) is 31.3 Å². The highest BCUT2D eigenvalue weighted by Gasteiger charge is 2.36. The van der Waals surface area contributed by atoms with Crippen molar-refractivity contribution >= 4 is 0 Å². The molecule has 1 N–H and O–H groups in total. The second-order valence-electron chi connectivity index (χ2n) is 6.35. The highest BCUT2D eigenvalue weighted by Crippen LogP contribution is 2.43. The first-order chi connectivity index (χ1) is 9.17. The molecule has 1 atom stereocenters. The quantitative estimate of drug-likeness (QED) is 0.884. The van der Waals surface area contributed by atoms with Gasteiger partial charge in [0.05, 0.1) is 19.3 Å². The first-order valence-corrected chi connectivity index (χ1v) is 7.33. The zero-order chi connectivity index (χ0) is 13.3. The molecule has 3 rings (SSSR count). The van der Waals surface area contributed by atoms with Gasteiger partial charge in [0.15, 0.2) is 0 Å². The Morgan fingerprint density at radius 3 is 2.74 bits per heavy atom. The number of rotatable bonds is 2. The van der Waals surface area contributed by atoms with Crippen LogP contribution in [0, 0.1) is 5.41 Å². The molecule has 0 radical (unpaired) electrons. The van der Waals surface area contributed by atoms with E-state index in [0.29, 0.717) is 11.5 Å². The van der Waals surface area contributed by atoms with E-state index in [0.717, 1.165) is 26.3 Å². The second kappa shape index (κ2) is 5.23. The van der Waals surface area contributed by atoms with E-state index in [1.165, 1.54) is 24.0 Å². The van der Waals surface area contributed by atoms with Crippen molar-refractivity contribution in [3.8, 4) is 0 Å². The molecule has 1 aliphatic heterocycles. The summed E-state index contributed by atoms with van der Waals surface area (Å²) in [4.78, 5) is 0. The minimum Gasteiger partial charge on any atom is -0.379 e. The number of hydrazine groups is 1. The summed E-state index contributed by atoms with van der Waals surface area (Å²) in [5.41, 5.74) is 7.04. The van der Waals surface area contributed by atoms with Gasteiger partial charge in [-0.3, -0.25) is 0 Å². The van der Waals surface area contributed by atoms with Crippen molar-refractivity contribution in [1.29, 1.82) is 0 Å². The number of fused-ring (bicyclic) bond motifs is 1. The van der Waals surface area contributed by atoms with Crippen LogP contribution in [0.1, 0.15) is 37.4 Å². The van der Waals surface area contributed by atoms with E-state index in [-0.39, 0.29) is 0 Å². The third-order valence-corrected chi connectivity index (χ3v) is 4.51. The van der Waals surface area contributed by atoms with Crippen LogP contribution >= 0.6 is 0 Å². The molecule has 0 saturated carbocycles. The summed E-state index contributed by atoms with van der Waals surface area (Å²) >= 11 is 0. The first kappa shape index (κ1) is 13.1. The lowest BCUT2D eigenvalue weighted by molar-refractivity contribution is -0.0127. The molecule has 104 valence electrons. The van der Waals surface area contributed by atoms with Crippen LogP contribution < -0.4 is 5.43 Å². The molecule has 0 amide bonds. The summed E-state index contributed by atoms with van der Waals surface area (Å²) in [6.45, 7) is 8.38. The van der Waals surface area contributed by atoms with Gasteiger partial charge in [-0.2, -0.15) is 0 Å². The third kappa shape index (κ3) is 2.69. The number of morpholine rings is 1. The van der Waals surface area contributed by atoms with Crippen LogP contribution in [0.25, 0.3) is 0 Å². The Hall–Kier alpha value is -0.900. The molecule has 1 aromatic carbocycles. The third-order valence-electron chi connectivity index (χ3n) is 4.51. The summed E-state index contributed by atoms with van der Waals surface area (Å²) in [5.74, 6) is 0. The predicted octanol–water partition coefficient (Wildman–Crippen LogP) is 2.54. The summed E-state index contributed by atoms with van der Waals surface area (Å²) in [5, 5.41) is 2.33. The molecule has 0 bridgehead atoms. The molecule has 1 heterocycles. The van der Waals surface area contributed by atoms with Gasteiger partial charge in [-0.25, -0.2) is 10.4 Å². The molecule has 1 saturated heterocycles. The van der Waals surface area contributed by atoms with Crippen molar-refractivity contribution in [2.45, 2.75) is 32.7 Å². The number of hydrogen-bond acceptors (Lipinski definition) is 3. The second-order valence-corrected chi connectivity index (χ2v) is 6.35. The maximum Gasteiger partial charge on any atom is 0.0608 e. The molecule has 0 aromatic heterocycles. The number of nitrogens with one attached hydrogen (secondary N) is 1. The van der Waals surface area contributed by atoms with Crippen LogP contribution in [0.2, 0.25) is 0 Å². The lowest BCUT2D eigenvalue weighted by atomic mass is 9.70. The van der Waals surface area contributed by atoms with E-state index >= 15 is 0 Å². The Morgan fingerprint density at radius 2 is 1.95 bits per heavy atom. The average molecular weight is 260 g/mol. The van der Waals surface area contributed by atoms with Gasteiger partial charge in [0.25, 0.3) is 0 Å². The zero-order valence-electron chi connectivity index (χ0n) is 12.0. The number of aryl methyl sites for hydroxylation is 1. The SMILES string of the molecule is CC1(C)CCc2ccccc2C1NN1CCOCC1. The maximum absolute atomic E-state index is 5.43. The van der Waals surface area contributed by atoms with Crippen molar-refractivity contribution in [2.75, 3.05) is 26.3 Å². The molecule has 1 aromatic rings. The number of nitrogens with zero attached hydrogens (tertiary/aromatic N) is 1. The molecular weight excluding hydrogens is 236 g/mol. The molecule has 3 heteroatoms. The topological polar surface area (TPSA) is 24.5 Å². The Kier molecular flexibility index (Phi) is 3.61. The van der Waals surface area contributed by atoms with Crippen LogP contribution in [0.5, 0.6) is 0 Å². The van der Waals surface area contributed by atoms with E-state index in [4.69, 9.17) is 4.74 Å².